The van der Waals surface area contributed by atoms with Crippen molar-refractivity contribution in [2.75, 3.05) is 13.2 Å². The largest absolute Gasteiger partial charge is 0.394 e. The molecule has 1 unspecified atom stereocenters. The molecule has 1 aromatic heterocycles. The van der Waals surface area contributed by atoms with Crippen LogP contribution in [0, 0.1) is 0 Å². The molecule has 1 aromatic carbocycles. The van der Waals surface area contributed by atoms with Gasteiger partial charge < -0.3 is 14.4 Å². The lowest BCUT2D eigenvalue weighted by Crippen LogP contribution is -2.10. The first-order valence-corrected chi connectivity index (χ1v) is 5.11. The molecule has 2 aromatic rings. The molecule has 3 nitrogen and oxygen atoms in total. The summed E-state index contributed by atoms with van der Waals surface area (Å²) in [6.45, 7) is 2.40. The van der Waals surface area contributed by atoms with Gasteiger partial charge in [-0.05, 0) is 24.4 Å². The zero-order valence-corrected chi connectivity index (χ0v) is 8.76. The molecular weight excluding hydrogens is 190 g/mol. The number of hydrogen-bond acceptors (Lipinski definition) is 2. The highest BCUT2D eigenvalue weighted by atomic mass is 16.5. The molecule has 0 aliphatic rings. The van der Waals surface area contributed by atoms with Crippen molar-refractivity contribution in [3.63, 3.8) is 0 Å². The molecular formula is C12H15NO2. The van der Waals surface area contributed by atoms with E-state index in [1.165, 1.54) is 5.39 Å². The van der Waals surface area contributed by atoms with Crippen molar-refractivity contribution in [3.05, 3.63) is 36.5 Å². The Balaban J connectivity index is 2.27. The summed E-state index contributed by atoms with van der Waals surface area (Å²) in [5, 5.41) is 9.90. The predicted octanol–water partition coefficient (Wildman–Crippen LogP) is 2.17. The highest BCUT2D eigenvalue weighted by Gasteiger charge is 2.06. The molecule has 0 saturated carbocycles. The van der Waals surface area contributed by atoms with Crippen LogP contribution in [0.3, 0.4) is 0 Å². The summed E-state index contributed by atoms with van der Waals surface area (Å²) in [5.74, 6) is 0. The molecule has 3 heteroatoms. The van der Waals surface area contributed by atoms with Crippen LogP contribution in [-0.2, 0) is 4.74 Å². The minimum Gasteiger partial charge on any atom is -0.394 e. The maximum atomic E-state index is 8.69. The van der Waals surface area contributed by atoms with Gasteiger partial charge in [-0.1, -0.05) is 18.2 Å². The fourth-order valence-electron chi connectivity index (χ4n) is 1.73. The van der Waals surface area contributed by atoms with E-state index >= 15 is 0 Å². The van der Waals surface area contributed by atoms with E-state index in [1.807, 2.05) is 25.3 Å². The quantitative estimate of drug-likeness (QED) is 0.830. The minimum atomic E-state index is -0.0444. The van der Waals surface area contributed by atoms with Crippen molar-refractivity contribution < 1.29 is 9.84 Å². The Labute approximate surface area is 88.9 Å². The van der Waals surface area contributed by atoms with Crippen LogP contribution in [0.5, 0.6) is 0 Å². The normalized spacial score (nSPS) is 13.2. The highest BCUT2D eigenvalue weighted by molar-refractivity contribution is 5.79. The number of ether oxygens (including phenoxy) is 1. The molecule has 1 atom stereocenters. The van der Waals surface area contributed by atoms with Gasteiger partial charge >= 0.3 is 0 Å². The van der Waals surface area contributed by atoms with Gasteiger partial charge in [0.1, 0.15) is 6.23 Å². The highest BCUT2D eigenvalue weighted by Crippen LogP contribution is 2.20. The van der Waals surface area contributed by atoms with E-state index in [1.54, 1.807) is 0 Å². The Kier molecular flexibility index (Phi) is 3.04. The van der Waals surface area contributed by atoms with Crippen LogP contribution in [0.25, 0.3) is 10.9 Å². The second-order valence-corrected chi connectivity index (χ2v) is 3.48. The topological polar surface area (TPSA) is 34.4 Å². The second kappa shape index (κ2) is 4.47. The van der Waals surface area contributed by atoms with Crippen molar-refractivity contribution in [1.29, 1.82) is 0 Å². The number of hydrogen-bond donors (Lipinski definition) is 1. The lowest BCUT2D eigenvalue weighted by molar-refractivity contribution is -0.000273. The van der Waals surface area contributed by atoms with Crippen LogP contribution in [0.2, 0.25) is 0 Å². The first kappa shape index (κ1) is 10.2. The average molecular weight is 205 g/mol. The van der Waals surface area contributed by atoms with Gasteiger partial charge in [0.2, 0.25) is 0 Å². The molecule has 2 rings (SSSR count). The van der Waals surface area contributed by atoms with E-state index in [9.17, 15) is 0 Å². The van der Waals surface area contributed by atoms with Crippen LogP contribution >= 0.6 is 0 Å². The summed E-state index contributed by atoms with van der Waals surface area (Å²) in [6, 6.07) is 10.2. The number of para-hydroxylation sites is 1. The van der Waals surface area contributed by atoms with Gasteiger partial charge in [0, 0.05) is 6.20 Å². The average Bonchev–Trinajstić information content (AvgIpc) is 2.69. The van der Waals surface area contributed by atoms with Crippen molar-refractivity contribution >= 4 is 10.9 Å². The first-order chi connectivity index (χ1) is 7.33. The summed E-state index contributed by atoms with van der Waals surface area (Å²) < 4.78 is 7.52. The number of benzene rings is 1. The molecule has 0 fully saturated rings. The van der Waals surface area contributed by atoms with Gasteiger partial charge in [-0.25, -0.2) is 0 Å². The summed E-state index contributed by atoms with van der Waals surface area (Å²) in [7, 11) is 0. The third-order valence-corrected chi connectivity index (χ3v) is 2.47. The summed E-state index contributed by atoms with van der Waals surface area (Å²) >= 11 is 0. The molecule has 0 radical (unpaired) electrons. The number of fused-ring (bicyclic) bond motifs is 1. The fourth-order valence-corrected chi connectivity index (χ4v) is 1.73. The van der Waals surface area contributed by atoms with Gasteiger partial charge in [0.25, 0.3) is 0 Å². The summed E-state index contributed by atoms with van der Waals surface area (Å²) in [4.78, 5) is 0. The van der Waals surface area contributed by atoms with Gasteiger partial charge in [-0.3, -0.25) is 0 Å². The van der Waals surface area contributed by atoms with Gasteiger partial charge in [-0.15, -0.1) is 0 Å². The maximum absolute atomic E-state index is 8.69. The molecule has 0 aliphatic heterocycles. The molecule has 0 bridgehead atoms. The zero-order chi connectivity index (χ0) is 10.7. The van der Waals surface area contributed by atoms with Crippen LogP contribution in [0.1, 0.15) is 13.2 Å². The number of nitrogens with zero attached hydrogens (tertiary/aromatic N) is 1. The molecule has 15 heavy (non-hydrogen) atoms. The molecule has 0 amide bonds. The Morgan fingerprint density at radius 1 is 1.33 bits per heavy atom. The number of aliphatic hydroxyl groups is 1. The van der Waals surface area contributed by atoms with Crippen LogP contribution in [0.4, 0.5) is 0 Å². The Hall–Kier alpha value is -1.32. The van der Waals surface area contributed by atoms with Gasteiger partial charge in [-0.2, -0.15) is 0 Å². The smallest absolute Gasteiger partial charge is 0.131 e. The van der Waals surface area contributed by atoms with Crippen molar-refractivity contribution in [2.24, 2.45) is 0 Å². The molecule has 1 heterocycles. The van der Waals surface area contributed by atoms with E-state index < -0.39 is 0 Å². The van der Waals surface area contributed by atoms with Crippen LogP contribution in [0.15, 0.2) is 36.5 Å². The number of aliphatic hydroxyl groups excluding tert-OH is 1. The first-order valence-electron chi connectivity index (χ1n) is 5.11. The lowest BCUT2D eigenvalue weighted by Gasteiger charge is -2.15. The molecule has 1 N–H and O–H groups in total. The monoisotopic (exact) mass is 205 g/mol. The van der Waals surface area contributed by atoms with Crippen molar-refractivity contribution in [2.45, 2.75) is 13.2 Å². The van der Waals surface area contributed by atoms with E-state index in [0.29, 0.717) is 6.61 Å². The maximum Gasteiger partial charge on any atom is 0.131 e. The molecule has 0 saturated heterocycles. The van der Waals surface area contributed by atoms with E-state index in [2.05, 4.69) is 22.8 Å². The van der Waals surface area contributed by atoms with Crippen LogP contribution in [-0.4, -0.2) is 22.9 Å². The molecule has 80 valence electrons. The number of aromatic nitrogens is 1. The predicted molar refractivity (Wildman–Crippen MR) is 59.7 cm³/mol. The summed E-state index contributed by atoms with van der Waals surface area (Å²) in [6.07, 6.45) is 1.96. The number of rotatable bonds is 4. The SMILES string of the molecule is CC(OCCO)n1ccc2ccccc21. The third-order valence-electron chi connectivity index (χ3n) is 2.47. The summed E-state index contributed by atoms with van der Waals surface area (Å²) in [5.41, 5.74) is 1.16. The Bertz CT molecular complexity index is 436. The van der Waals surface area contributed by atoms with Gasteiger partial charge in [0.05, 0.1) is 18.7 Å². The van der Waals surface area contributed by atoms with Crippen molar-refractivity contribution in [3.8, 4) is 0 Å². The standard InChI is InChI=1S/C12H15NO2/c1-10(15-9-8-14)13-7-6-11-4-2-3-5-12(11)13/h2-7,10,14H,8-9H2,1H3. The van der Waals surface area contributed by atoms with E-state index in [4.69, 9.17) is 9.84 Å². The van der Waals surface area contributed by atoms with Crippen molar-refractivity contribution in [1.82, 2.24) is 4.57 Å². The Morgan fingerprint density at radius 2 is 2.13 bits per heavy atom. The zero-order valence-electron chi connectivity index (χ0n) is 8.76. The molecule has 0 aliphatic carbocycles. The van der Waals surface area contributed by atoms with E-state index in [-0.39, 0.29) is 12.8 Å². The third kappa shape index (κ3) is 2.03. The minimum absolute atomic E-state index is 0.0444. The second-order valence-electron chi connectivity index (χ2n) is 3.48. The van der Waals surface area contributed by atoms with E-state index in [0.717, 1.165) is 5.52 Å². The Morgan fingerprint density at radius 3 is 2.93 bits per heavy atom. The fraction of sp³-hybridized carbons (Fsp3) is 0.333. The van der Waals surface area contributed by atoms with Crippen LogP contribution < -0.4 is 0 Å². The molecule has 0 spiro atoms. The lowest BCUT2D eigenvalue weighted by atomic mass is 10.2. The van der Waals surface area contributed by atoms with Gasteiger partial charge in [0.15, 0.2) is 0 Å².